The van der Waals surface area contributed by atoms with Crippen LogP contribution in [0.15, 0.2) is 24.6 Å². The molecule has 1 heterocycles. The van der Waals surface area contributed by atoms with Gasteiger partial charge in [0.25, 0.3) is 20.2 Å². The molecule has 0 bridgehead atoms. The van der Waals surface area contributed by atoms with Gasteiger partial charge in [-0.2, -0.15) is 16.8 Å². The van der Waals surface area contributed by atoms with E-state index in [-0.39, 0.29) is 13.2 Å². The van der Waals surface area contributed by atoms with E-state index in [0.29, 0.717) is 12.8 Å². The minimum atomic E-state index is -3.40. The van der Waals surface area contributed by atoms with Gasteiger partial charge in [-0.05, 0) is 25.0 Å². The third-order valence-corrected chi connectivity index (χ3v) is 2.81. The topological polar surface area (TPSA) is 108 Å². The summed E-state index contributed by atoms with van der Waals surface area (Å²) in [6.07, 6.45) is 9.71. The Hall–Kier alpha value is -1.10. The second kappa shape index (κ2) is 9.75. The molecule has 0 fully saturated rings. The number of rotatable bonds is 7. The molecule has 1 aliphatic rings. The average Bonchev–Trinajstić information content (AvgIpc) is 2.34. The van der Waals surface area contributed by atoms with Gasteiger partial charge in [-0.1, -0.05) is 0 Å². The van der Waals surface area contributed by atoms with Gasteiger partial charge in [-0.3, -0.25) is 8.37 Å². The standard InChI is InChI=1S/C6H14O6S2.C4H5NO/c1-13(7,8)11-5-3-4-6-12-14(2,9)10;1-2-4-6-5-3-1/h3-6H2,1-2H3;1-5H. The van der Waals surface area contributed by atoms with Gasteiger partial charge < -0.3 is 4.84 Å². The van der Waals surface area contributed by atoms with Crippen LogP contribution in [-0.2, 0) is 33.4 Å². The van der Waals surface area contributed by atoms with E-state index in [0.717, 1.165) is 12.5 Å². The highest BCUT2D eigenvalue weighted by Gasteiger charge is 2.02. The van der Waals surface area contributed by atoms with Crippen LogP contribution in [-0.4, -0.2) is 42.6 Å². The summed E-state index contributed by atoms with van der Waals surface area (Å²) in [4.78, 5) is 4.55. The largest absolute Gasteiger partial charge is 0.391 e. The summed E-state index contributed by atoms with van der Waals surface area (Å²) >= 11 is 0. The molecule has 0 radical (unpaired) electrons. The predicted molar refractivity (Wildman–Crippen MR) is 73.3 cm³/mol. The number of nitrogens with one attached hydrogen (secondary N) is 1. The van der Waals surface area contributed by atoms with Crippen LogP contribution in [0.25, 0.3) is 0 Å². The molecule has 0 amide bonds. The number of hydrogen-bond acceptors (Lipinski definition) is 8. The van der Waals surface area contributed by atoms with Gasteiger partial charge in [0.05, 0.1) is 25.7 Å². The van der Waals surface area contributed by atoms with Crippen molar-refractivity contribution in [1.82, 2.24) is 5.48 Å². The average molecular weight is 329 g/mol. The Morgan fingerprint density at radius 3 is 1.65 bits per heavy atom. The second-order valence-electron chi connectivity index (χ2n) is 3.68. The fourth-order valence-electron chi connectivity index (χ4n) is 0.883. The first kappa shape index (κ1) is 18.9. The minimum absolute atomic E-state index is 0.0476. The van der Waals surface area contributed by atoms with E-state index >= 15 is 0 Å². The number of unbranched alkanes of at least 4 members (excludes halogenated alkanes) is 1. The summed E-state index contributed by atoms with van der Waals surface area (Å²) in [7, 11) is -6.80. The molecule has 0 unspecified atom stereocenters. The summed E-state index contributed by atoms with van der Waals surface area (Å²) in [6.45, 7) is 0.0951. The molecule has 1 N–H and O–H groups in total. The Morgan fingerprint density at radius 1 is 0.950 bits per heavy atom. The van der Waals surface area contributed by atoms with E-state index < -0.39 is 20.2 Å². The molecule has 20 heavy (non-hydrogen) atoms. The molecule has 0 saturated heterocycles. The van der Waals surface area contributed by atoms with E-state index in [9.17, 15) is 16.8 Å². The first-order valence-electron chi connectivity index (χ1n) is 5.62. The molecular weight excluding hydrogens is 310 g/mol. The van der Waals surface area contributed by atoms with Crippen molar-refractivity contribution in [2.75, 3.05) is 25.7 Å². The van der Waals surface area contributed by atoms with E-state index in [4.69, 9.17) is 0 Å². The van der Waals surface area contributed by atoms with Crippen molar-refractivity contribution in [3.63, 3.8) is 0 Å². The maximum atomic E-state index is 10.5. The zero-order valence-electron chi connectivity index (χ0n) is 11.3. The molecule has 0 saturated carbocycles. The minimum Gasteiger partial charge on any atom is -0.391 e. The van der Waals surface area contributed by atoms with Gasteiger partial charge in [0.2, 0.25) is 0 Å². The summed E-state index contributed by atoms with van der Waals surface area (Å²) in [5.41, 5.74) is 2.52. The fraction of sp³-hybridized carbons (Fsp3) is 0.600. The van der Waals surface area contributed by atoms with Crippen molar-refractivity contribution in [2.45, 2.75) is 12.8 Å². The SMILES string of the molecule is C1=CNOC=C1.CS(=O)(=O)OCCCCOS(C)(=O)=O. The lowest BCUT2D eigenvalue weighted by Gasteiger charge is -2.01. The summed E-state index contributed by atoms with van der Waals surface area (Å²) in [5.74, 6) is 0. The van der Waals surface area contributed by atoms with Crippen molar-refractivity contribution >= 4 is 20.2 Å². The van der Waals surface area contributed by atoms with Crippen LogP contribution < -0.4 is 5.48 Å². The summed E-state index contributed by atoms with van der Waals surface area (Å²) in [5, 5.41) is 0. The van der Waals surface area contributed by atoms with Gasteiger partial charge in [-0.15, -0.1) is 0 Å². The monoisotopic (exact) mass is 329 g/mol. The van der Waals surface area contributed by atoms with Crippen LogP contribution in [0.2, 0.25) is 0 Å². The summed E-state index contributed by atoms with van der Waals surface area (Å²) < 4.78 is 50.8. The normalized spacial score (nSPS) is 13.9. The molecule has 1 rings (SSSR count). The fourth-order valence-corrected chi connectivity index (χ4v) is 1.72. The van der Waals surface area contributed by atoms with Gasteiger partial charge in [0.1, 0.15) is 6.26 Å². The van der Waals surface area contributed by atoms with Crippen molar-refractivity contribution in [3.05, 3.63) is 24.6 Å². The molecule has 8 nitrogen and oxygen atoms in total. The van der Waals surface area contributed by atoms with Crippen molar-refractivity contribution in [3.8, 4) is 0 Å². The zero-order chi connectivity index (χ0) is 15.5. The molecule has 0 atom stereocenters. The van der Waals surface area contributed by atoms with Crippen LogP contribution in [0, 0.1) is 0 Å². The Morgan fingerprint density at radius 2 is 1.45 bits per heavy atom. The highest BCUT2D eigenvalue weighted by atomic mass is 32.2. The first-order chi connectivity index (χ1) is 9.21. The maximum absolute atomic E-state index is 10.5. The van der Waals surface area contributed by atoms with Crippen LogP contribution in [0.4, 0.5) is 0 Å². The Bertz CT molecular complexity index is 460. The quantitative estimate of drug-likeness (QED) is 0.524. The third-order valence-electron chi connectivity index (χ3n) is 1.62. The number of hydrogen-bond donors (Lipinski definition) is 1. The van der Waals surface area contributed by atoms with E-state index in [1.54, 1.807) is 18.5 Å². The lowest BCUT2D eigenvalue weighted by atomic mass is 10.3. The van der Waals surface area contributed by atoms with Crippen LogP contribution in [0.5, 0.6) is 0 Å². The van der Waals surface area contributed by atoms with E-state index in [2.05, 4.69) is 18.7 Å². The molecule has 1 aliphatic heterocycles. The van der Waals surface area contributed by atoms with Gasteiger partial charge in [0, 0.05) is 6.20 Å². The predicted octanol–water partition coefficient (Wildman–Crippen LogP) is 0.268. The molecule has 118 valence electrons. The Balaban J connectivity index is 0.000000493. The Labute approximate surface area is 119 Å². The van der Waals surface area contributed by atoms with Gasteiger partial charge >= 0.3 is 0 Å². The van der Waals surface area contributed by atoms with Crippen LogP contribution in [0.3, 0.4) is 0 Å². The van der Waals surface area contributed by atoms with Crippen LogP contribution >= 0.6 is 0 Å². The second-order valence-corrected chi connectivity index (χ2v) is 6.97. The van der Waals surface area contributed by atoms with E-state index in [1.807, 2.05) is 6.08 Å². The first-order valence-corrected chi connectivity index (χ1v) is 9.26. The van der Waals surface area contributed by atoms with Gasteiger partial charge in [-0.25, -0.2) is 5.48 Å². The van der Waals surface area contributed by atoms with Crippen molar-refractivity contribution < 1.29 is 30.0 Å². The molecule has 0 aromatic carbocycles. The molecule has 10 heteroatoms. The van der Waals surface area contributed by atoms with Crippen molar-refractivity contribution in [2.24, 2.45) is 0 Å². The van der Waals surface area contributed by atoms with Gasteiger partial charge in [0.15, 0.2) is 0 Å². The molecule has 0 spiro atoms. The zero-order valence-corrected chi connectivity index (χ0v) is 12.9. The van der Waals surface area contributed by atoms with E-state index in [1.165, 1.54) is 0 Å². The highest BCUT2D eigenvalue weighted by molar-refractivity contribution is 7.86. The molecule has 0 aromatic heterocycles. The molecule has 0 aliphatic carbocycles. The maximum Gasteiger partial charge on any atom is 0.264 e. The lowest BCUT2D eigenvalue weighted by Crippen LogP contribution is -2.07. The smallest absolute Gasteiger partial charge is 0.264 e. The van der Waals surface area contributed by atoms with Crippen LogP contribution in [0.1, 0.15) is 12.8 Å². The lowest BCUT2D eigenvalue weighted by molar-refractivity contribution is 0.172. The van der Waals surface area contributed by atoms with Crippen molar-refractivity contribution in [1.29, 1.82) is 0 Å². The molecular formula is C10H19NO7S2. The summed E-state index contributed by atoms with van der Waals surface area (Å²) in [6, 6.07) is 0. The Kier molecular flexibility index (Phi) is 9.21. The third kappa shape index (κ3) is 16.9. The number of allylic oxidation sites excluding steroid dienone is 2. The number of hydroxylamine groups is 1. The molecule has 0 aromatic rings. The highest BCUT2D eigenvalue weighted by Crippen LogP contribution is 1.96.